The Morgan fingerprint density at radius 2 is 1.20 bits per heavy atom. The van der Waals surface area contributed by atoms with Crippen LogP contribution in [0.5, 0.6) is 0 Å². The summed E-state index contributed by atoms with van der Waals surface area (Å²) in [6.07, 6.45) is 0. The molecule has 0 radical (unpaired) electrons. The number of rotatable bonds is 0. The van der Waals surface area contributed by atoms with Crippen LogP contribution in [0, 0.1) is 0 Å². The number of hydrogen-bond acceptors (Lipinski definition) is 0. The van der Waals surface area contributed by atoms with E-state index in [1.165, 1.54) is 65.6 Å². The molecule has 1 heteroatoms. The van der Waals surface area contributed by atoms with E-state index in [-0.39, 0.29) is 5.41 Å². The first-order valence-electron chi connectivity index (χ1n) is 10.6. The predicted octanol–water partition coefficient (Wildman–Crippen LogP) is 7.93. The second-order valence-corrected chi connectivity index (χ2v) is 9.08. The molecule has 0 spiro atoms. The SMILES string of the molecule is CC1(C)c2ccccc2-c2cc3c(cc21)[nH]c1c2ccccc2c2ccccc2c31. The molecule has 0 aliphatic heterocycles. The van der Waals surface area contributed by atoms with E-state index in [9.17, 15) is 0 Å². The van der Waals surface area contributed by atoms with Crippen LogP contribution in [0.4, 0.5) is 0 Å². The Labute approximate surface area is 175 Å². The third kappa shape index (κ3) is 1.84. The molecule has 7 rings (SSSR count). The van der Waals surface area contributed by atoms with Crippen molar-refractivity contribution < 1.29 is 0 Å². The van der Waals surface area contributed by atoms with Gasteiger partial charge in [0.25, 0.3) is 0 Å². The molecule has 1 nitrogen and oxygen atoms in total. The molecule has 5 aromatic carbocycles. The average Bonchev–Trinajstić information content (AvgIpc) is 3.27. The Hall–Kier alpha value is -3.58. The number of H-pyrrole nitrogens is 1. The second-order valence-electron chi connectivity index (χ2n) is 9.08. The first-order chi connectivity index (χ1) is 14.6. The largest absolute Gasteiger partial charge is 0.354 e. The predicted molar refractivity (Wildman–Crippen MR) is 128 cm³/mol. The fraction of sp³-hybridized carbons (Fsp3) is 0.103. The van der Waals surface area contributed by atoms with E-state index in [1.54, 1.807) is 0 Å². The minimum atomic E-state index is 0.0154. The summed E-state index contributed by atoms with van der Waals surface area (Å²) in [5.74, 6) is 0. The van der Waals surface area contributed by atoms with Gasteiger partial charge in [0.1, 0.15) is 0 Å². The van der Waals surface area contributed by atoms with Gasteiger partial charge in [-0.25, -0.2) is 0 Å². The molecule has 142 valence electrons. The summed E-state index contributed by atoms with van der Waals surface area (Å²) in [6.45, 7) is 4.69. The molecule has 0 saturated heterocycles. The van der Waals surface area contributed by atoms with Crippen molar-refractivity contribution >= 4 is 43.4 Å². The fourth-order valence-corrected chi connectivity index (χ4v) is 5.74. The van der Waals surface area contributed by atoms with E-state index in [0.717, 1.165) is 0 Å². The van der Waals surface area contributed by atoms with Gasteiger partial charge < -0.3 is 4.98 Å². The van der Waals surface area contributed by atoms with Gasteiger partial charge in [0.15, 0.2) is 0 Å². The van der Waals surface area contributed by atoms with Crippen molar-refractivity contribution in [2.75, 3.05) is 0 Å². The molecule has 0 amide bonds. The monoisotopic (exact) mass is 383 g/mol. The van der Waals surface area contributed by atoms with Crippen LogP contribution >= 0.6 is 0 Å². The van der Waals surface area contributed by atoms with Gasteiger partial charge in [-0.05, 0) is 50.5 Å². The maximum absolute atomic E-state index is 3.81. The van der Waals surface area contributed by atoms with Gasteiger partial charge in [-0.3, -0.25) is 0 Å². The summed E-state index contributed by atoms with van der Waals surface area (Å²) >= 11 is 0. The highest BCUT2D eigenvalue weighted by molar-refractivity contribution is 6.31. The van der Waals surface area contributed by atoms with Gasteiger partial charge >= 0.3 is 0 Å². The van der Waals surface area contributed by atoms with Crippen LogP contribution in [0.1, 0.15) is 25.0 Å². The van der Waals surface area contributed by atoms with Crippen molar-refractivity contribution in [2.24, 2.45) is 0 Å². The summed E-state index contributed by atoms with van der Waals surface area (Å²) in [6, 6.07) is 31.3. The van der Waals surface area contributed by atoms with E-state index in [1.807, 2.05) is 0 Å². The number of benzene rings is 5. The van der Waals surface area contributed by atoms with Gasteiger partial charge in [-0.15, -0.1) is 0 Å². The zero-order valence-electron chi connectivity index (χ0n) is 17.1. The minimum Gasteiger partial charge on any atom is -0.354 e. The van der Waals surface area contributed by atoms with Gasteiger partial charge in [-0.1, -0.05) is 86.6 Å². The molecular weight excluding hydrogens is 362 g/mol. The smallest absolute Gasteiger partial charge is 0.0551 e. The summed E-state index contributed by atoms with van der Waals surface area (Å²) in [4.78, 5) is 3.81. The number of aromatic nitrogens is 1. The van der Waals surface area contributed by atoms with Crippen molar-refractivity contribution in [3.63, 3.8) is 0 Å². The Morgan fingerprint density at radius 1 is 0.567 bits per heavy atom. The molecule has 1 heterocycles. The summed E-state index contributed by atoms with van der Waals surface area (Å²) in [7, 11) is 0. The van der Waals surface area contributed by atoms with Crippen LogP contribution in [0.3, 0.4) is 0 Å². The minimum absolute atomic E-state index is 0.0154. The summed E-state index contributed by atoms with van der Waals surface area (Å²) < 4.78 is 0. The molecule has 0 saturated carbocycles. The standard InChI is InChI=1S/C29H21N/c1-29(2)24-14-8-7-11-19(24)22-15-23-26(16-25(22)29)30-28-21-13-6-4-10-18(21)17-9-3-5-12-20(17)27(23)28/h3-16,30H,1-2H3. The quantitative estimate of drug-likeness (QED) is 0.256. The fourth-order valence-electron chi connectivity index (χ4n) is 5.74. The number of fused-ring (bicyclic) bond motifs is 11. The van der Waals surface area contributed by atoms with Gasteiger partial charge in [0.05, 0.1) is 5.52 Å². The zero-order valence-corrected chi connectivity index (χ0v) is 17.1. The Kier molecular flexibility index (Phi) is 2.88. The molecule has 1 N–H and O–H groups in total. The molecule has 0 atom stereocenters. The molecule has 1 aromatic heterocycles. The van der Waals surface area contributed by atoms with E-state index >= 15 is 0 Å². The third-order valence-corrected chi connectivity index (χ3v) is 7.18. The van der Waals surface area contributed by atoms with E-state index in [4.69, 9.17) is 0 Å². The van der Waals surface area contributed by atoms with Crippen LogP contribution < -0.4 is 0 Å². The lowest BCUT2D eigenvalue weighted by Crippen LogP contribution is -2.14. The highest BCUT2D eigenvalue weighted by Crippen LogP contribution is 2.51. The van der Waals surface area contributed by atoms with Crippen molar-refractivity contribution in [3.8, 4) is 11.1 Å². The number of aromatic amines is 1. The maximum atomic E-state index is 3.81. The van der Waals surface area contributed by atoms with E-state index in [2.05, 4.69) is 104 Å². The van der Waals surface area contributed by atoms with Crippen molar-refractivity contribution in [2.45, 2.75) is 19.3 Å². The van der Waals surface area contributed by atoms with Crippen LogP contribution in [0.2, 0.25) is 0 Å². The Bertz CT molecular complexity index is 1660. The Balaban J connectivity index is 1.73. The lowest BCUT2D eigenvalue weighted by molar-refractivity contribution is 0.661. The van der Waals surface area contributed by atoms with Crippen LogP contribution in [-0.2, 0) is 5.41 Å². The Morgan fingerprint density at radius 3 is 2.00 bits per heavy atom. The van der Waals surface area contributed by atoms with Gasteiger partial charge in [0.2, 0.25) is 0 Å². The average molecular weight is 383 g/mol. The van der Waals surface area contributed by atoms with Gasteiger partial charge in [-0.2, -0.15) is 0 Å². The zero-order chi connectivity index (χ0) is 20.0. The number of hydrogen-bond donors (Lipinski definition) is 1. The lowest BCUT2D eigenvalue weighted by Gasteiger charge is -2.21. The van der Waals surface area contributed by atoms with Crippen molar-refractivity contribution in [1.82, 2.24) is 4.98 Å². The molecule has 0 unspecified atom stereocenters. The van der Waals surface area contributed by atoms with Crippen LogP contribution in [0.15, 0.2) is 84.9 Å². The molecule has 1 aliphatic carbocycles. The van der Waals surface area contributed by atoms with Gasteiger partial charge in [0, 0.05) is 27.1 Å². The number of nitrogens with one attached hydrogen (secondary N) is 1. The topological polar surface area (TPSA) is 15.8 Å². The normalized spacial score (nSPS) is 14.6. The highest BCUT2D eigenvalue weighted by Gasteiger charge is 2.35. The van der Waals surface area contributed by atoms with Crippen molar-refractivity contribution in [3.05, 3.63) is 96.1 Å². The molecule has 1 aliphatic rings. The third-order valence-electron chi connectivity index (χ3n) is 7.18. The van der Waals surface area contributed by atoms with E-state index in [0.29, 0.717) is 0 Å². The van der Waals surface area contributed by atoms with E-state index < -0.39 is 0 Å². The summed E-state index contributed by atoms with van der Waals surface area (Å²) in [5.41, 5.74) is 8.07. The molecule has 30 heavy (non-hydrogen) atoms. The lowest BCUT2D eigenvalue weighted by atomic mass is 9.82. The molecular formula is C29H21N. The molecule has 0 fully saturated rings. The van der Waals surface area contributed by atoms with Crippen molar-refractivity contribution in [1.29, 1.82) is 0 Å². The van der Waals surface area contributed by atoms with Crippen LogP contribution in [0.25, 0.3) is 54.5 Å². The van der Waals surface area contributed by atoms with Crippen LogP contribution in [-0.4, -0.2) is 4.98 Å². The molecule has 6 aromatic rings. The summed E-state index contributed by atoms with van der Waals surface area (Å²) in [5, 5.41) is 7.90. The molecule has 0 bridgehead atoms. The first-order valence-corrected chi connectivity index (χ1v) is 10.6. The second kappa shape index (κ2) is 5.31. The highest BCUT2D eigenvalue weighted by atomic mass is 14.7. The first kappa shape index (κ1) is 16.2. The maximum Gasteiger partial charge on any atom is 0.0551 e.